The van der Waals surface area contributed by atoms with E-state index >= 15 is 0 Å². The first kappa shape index (κ1) is 14.4. The van der Waals surface area contributed by atoms with Crippen LogP contribution in [0.2, 0.25) is 0 Å². The quantitative estimate of drug-likeness (QED) is 0.789. The SMILES string of the molecule is CC(C)CNC(=O)C1(C(=O)N2CCC(C)CC2)CC1. The van der Waals surface area contributed by atoms with Crippen LogP contribution in [0.4, 0.5) is 0 Å². The van der Waals surface area contributed by atoms with Gasteiger partial charge in [0.25, 0.3) is 0 Å². The zero-order valence-corrected chi connectivity index (χ0v) is 12.4. The summed E-state index contributed by atoms with van der Waals surface area (Å²) in [4.78, 5) is 26.7. The van der Waals surface area contributed by atoms with E-state index in [1.807, 2.05) is 4.90 Å². The van der Waals surface area contributed by atoms with Crippen molar-refractivity contribution in [3.05, 3.63) is 0 Å². The standard InChI is InChI=1S/C15H26N2O2/c1-11(2)10-16-13(18)15(6-7-15)14(19)17-8-4-12(3)5-9-17/h11-12H,4-10H2,1-3H3,(H,16,18). The first-order chi connectivity index (χ1) is 8.95. The van der Waals surface area contributed by atoms with Crippen molar-refractivity contribution in [1.82, 2.24) is 10.2 Å². The molecule has 4 nitrogen and oxygen atoms in total. The molecule has 1 N–H and O–H groups in total. The fourth-order valence-corrected chi connectivity index (χ4v) is 2.64. The van der Waals surface area contributed by atoms with Gasteiger partial charge in [-0.2, -0.15) is 0 Å². The average molecular weight is 266 g/mol. The number of nitrogens with one attached hydrogen (secondary N) is 1. The molecule has 0 aromatic heterocycles. The van der Waals surface area contributed by atoms with Crippen molar-refractivity contribution in [1.29, 1.82) is 0 Å². The zero-order valence-electron chi connectivity index (χ0n) is 12.4. The summed E-state index contributed by atoms with van der Waals surface area (Å²) >= 11 is 0. The van der Waals surface area contributed by atoms with Crippen molar-refractivity contribution < 1.29 is 9.59 Å². The van der Waals surface area contributed by atoms with E-state index in [9.17, 15) is 9.59 Å². The Kier molecular flexibility index (Phi) is 4.16. The highest BCUT2D eigenvalue weighted by atomic mass is 16.2. The Labute approximate surface area is 115 Å². The lowest BCUT2D eigenvalue weighted by Crippen LogP contribution is -2.48. The Morgan fingerprint density at radius 3 is 2.32 bits per heavy atom. The van der Waals surface area contributed by atoms with Crippen LogP contribution in [0.25, 0.3) is 0 Å². The summed E-state index contributed by atoms with van der Waals surface area (Å²) in [5, 5.41) is 2.93. The largest absolute Gasteiger partial charge is 0.355 e. The van der Waals surface area contributed by atoms with Crippen LogP contribution >= 0.6 is 0 Å². The van der Waals surface area contributed by atoms with E-state index in [-0.39, 0.29) is 11.8 Å². The summed E-state index contributed by atoms with van der Waals surface area (Å²) in [6, 6.07) is 0. The Balaban J connectivity index is 1.92. The Bertz CT molecular complexity index is 353. The molecule has 0 spiro atoms. The van der Waals surface area contributed by atoms with Crippen molar-refractivity contribution in [2.24, 2.45) is 17.3 Å². The number of hydrogen-bond donors (Lipinski definition) is 1. The minimum atomic E-state index is -0.713. The van der Waals surface area contributed by atoms with E-state index < -0.39 is 5.41 Å². The lowest BCUT2D eigenvalue weighted by molar-refractivity contribution is -0.145. The van der Waals surface area contributed by atoms with Crippen LogP contribution in [0, 0.1) is 17.3 Å². The van der Waals surface area contributed by atoms with E-state index in [2.05, 4.69) is 26.1 Å². The van der Waals surface area contributed by atoms with Crippen LogP contribution in [0.1, 0.15) is 46.5 Å². The molecule has 0 atom stereocenters. The highest BCUT2D eigenvalue weighted by Gasteiger charge is 2.57. The van der Waals surface area contributed by atoms with Gasteiger partial charge < -0.3 is 10.2 Å². The highest BCUT2D eigenvalue weighted by Crippen LogP contribution is 2.48. The molecule has 2 fully saturated rings. The molecular formula is C15H26N2O2. The van der Waals surface area contributed by atoms with E-state index in [0.29, 0.717) is 18.4 Å². The molecule has 4 heteroatoms. The van der Waals surface area contributed by atoms with Gasteiger partial charge in [-0.15, -0.1) is 0 Å². The van der Waals surface area contributed by atoms with Crippen LogP contribution in [-0.4, -0.2) is 36.3 Å². The molecule has 0 aromatic carbocycles. The number of nitrogens with zero attached hydrogens (tertiary/aromatic N) is 1. The molecule has 1 saturated carbocycles. The van der Waals surface area contributed by atoms with Crippen molar-refractivity contribution in [2.45, 2.75) is 46.5 Å². The maximum Gasteiger partial charge on any atom is 0.238 e. The summed E-state index contributed by atoms with van der Waals surface area (Å²) in [6.07, 6.45) is 3.58. The zero-order chi connectivity index (χ0) is 14.0. The molecule has 19 heavy (non-hydrogen) atoms. The number of carbonyl (C=O) groups is 2. The van der Waals surface area contributed by atoms with E-state index in [1.54, 1.807) is 0 Å². The Hall–Kier alpha value is -1.06. The van der Waals surface area contributed by atoms with Crippen molar-refractivity contribution in [3.63, 3.8) is 0 Å². The third kappa shape index (κ3) is 3.10. The molecule has 1 aliphatic carbocycles. The van der Waals surface area contributed by atoms with Gasteiger partial charge >= 0.3 is 0 Å². The third-order valence-electron chi connectivity index (χ3n) is 4.34. The van der Waals surface area contributed by atoms with Crippen LogP contribution in [0.15, 0.2) is 0 Å². The Morgan fingerprint density at radius 2 is 1.84 bits per heavy atom. The molecule has 1 saturated heterocycles. The molecule has 0 aromatic rings. The van der Waals surface area contributed by atoms with Gasteiger partial charge in [-0.05, 0) is 37.5 Å². The van der Waals surface area contributed by atoms with Crippen LogP contribution in [0.5, 0.6) is 0 Å². The number of rotatable bonds is 4. The van der Waals surface area contributed by atoms with Crippen molar-refractivity contribution in [2.75, 3.05) is 19.6 Å². The summed E-state index contributed by atoms with van der Waals surface area (Å²) in [5.74, 6) is 1.14. The summed E-state index contributed by atoms with van der Waals surface area (Å²) < 4.78 is 0. The van der Waals surface area contributed by atoms with Crippen LogP contribution in [-0.2, 0) is 9.59 Å². The molecule has 0 bridgehead atoms. The summed E-state index contributed by atoms with van der Waals surface area (Å²) in [6.45, 7) is 8.65. The van der Waals surface area contributed by atoms with Gasteiger partial charge in [0, 0.05) is 19.6 Å². The number of piperidine rings is 1. The average Bonchev–Trinajstić information content (AvgIpc) is 3.17. The highest BCUT2D eigenvalue weighted by molar-refractivity contribution is 6.07. The van der Waals surface area contributed by atoms with Gasteiger partial charge in [-0.25, -0.2) is 0 Å². The lowest BCUT2D eigenvalue weighted by atomic mass is 9.96. The van der Waals surface area contributed by atoms with Crippen molar-refractivity contribution in [3.8, 4) is 0 Å². The number of likely N-dealkylation sites (tertiary alicyclic amines) is 1. The van der Waals surface area contributed by atoms with Crippen LogP contribution < -0.4 is 5.32 Å². The normalized spacial score (nSPS) is 22.4. The van der Waals surface area contributed by atoms with Gasteiger partial charge in [0.2, 0.25) is 11.8 Å². The molecule has 2 aliphatic rings. The molecule has 2 amide bonds. The van der Waals surface area contributed by atoms with Gasteiger partial charge in [-0.1, -0.05) is 20.8 Å². The number of amides is 2. The molecule has 108 valence electrons. The Morgan fingerprint density at radius 1 is 1.26 bits per heavy atom. The molecule has 0 unspecified atom stereocenters. The maximum absolute atomic E-state index is 12.5. The summed E-state index contributed by atoms with van der Waals surface area (Å²) in [7, 11) is 0. The van der Waals surface area contributed by atoms with Gasteiger partial charge in [0.1, 0.15) is 5.41 Å². The van der Waals surface area contributed by atoms with Crippen molar-refractivity contribution >= 4 is 11.8 Å². The second kappa shape index (κ2) is 5.51. The predicted octanol–water partition coefficient (Wildman–Crippen LogP) is 1.80. The summed E-state index contributed by atoms with van der Waals surface area (Å²) in [5.41, 5.74) is -0.713. The topological polar surface area (TPSA) is 49.4 Å². The van der Waals surface area contributed by atoms with Gasteiger partial charge in [0.15, 0.2) is 0 Å². The molecule has 2 rings (SSSR count). The number of carbonyl (C=O) groups excluding carboxylic acids is 2. The maximum atomic E-state index is 12.5. The second-order valence-electron chi connectivity index (χ2n) is 6.66. The first-order valence-electron chi connectivity index (χ1n) is 7.53. The van der Waals surface area contributed by atoms with Gasteiger partial charge in [-0.3, -0.25) is 9.59 Å². The molecular weight excluding hydrogens is 240 g/mol. The van der Waals surface area contributed by atoms with Gasteiger partial charge in [0.05, 0.1) is 0 Å². The monoisotopic (exact) mass is 266 g/mol. The molecule has 0 radical (unpaired) electrons. The van der Waals surface area contributed by atoms with E-state index in [4.69, 9.17) is 0 Å². The third-order valence-corrected chi connectivity index (χ3v) is 4.34. The fraction of sp³-hybridized carbons (Fsp3) is 0.867. The number of hydrogen-bond acceptors (Lipinski definition) is 2. The first-order valence-corrected chi connectivity index (χ1v) is 7.53. The van der Waals surface area contributed by atoms with E-state index in [1.165, 1.54) is 0 Å². The second-order valence-corrected chi connectivity index (χ2v) is 6.66. The van der Waals surface area contributed by atoms with Crippen LogP contribution in [0.3, 0.4) is 0 Å². The predicted molar refractivity (Wildman–Crippen MR) is 74.5 cm³/mol. The van der Waals surface area contributed by atoms with E-state index in [0.717, 1.165) is 38.8 Å². The molecule has 1 heterocycles. The minimum absolute atomic E-state index is 0.0511. The minimum Gasteiger partial charge on any atom is -0.355 e. The smallest absolute Gasteiger partial charge is 0.238 e. The fourth-order valence-electron chi connectivity index (χ4n) is 2.64. The molecule has 1 aliphatic heterocycles. The lowest BCUT2D eigenvalue weighted by Gasteiger charge is -2.32.